The first-order valence-electron chi connectivity index (χ1n) is 8.57. The van der Waals surface area contributed by atoms with Crippen LogP contribution in [-0.4, -0.2) is 15.9 Å². The summed E-state index contributed by atoms with van der Waals surface area (Å²) in [5.41, 5.74) is 14.7. The number of fused-ring (bicyclic) bond motifs is 2. The molecule has 1 aromatic carbocycles. The number of aryl methyl sites for hydroxylation is 3. The lowest BCUT2D eigenvalue weighted by Crippen LogP contribution is -2.08. The van der Waals surface area contributed by atoms with Gasteiger partial charge in [0.2, 0.25) is 0 Å². The number of benzene rings is 1. The van der Waals surface area contributed by atoms with Gasteiger partial charge in [-0.2, -0.15) is 0 Å². The van der Waals surface area contributed by atoms with Crippen LogP contribution in [0.1, 0.15) is 35.4 Å². The zero-order valence-electron chi connectivity index (χ0n) is 13.7. The topological polar surface area (TPSA) is 43.3 Å². The first kappa shape index (κ1) is 14.5. The molecule has 0 saturated carbocycles. The molecule has 0 atom stereocenters. The van der Waals surface area contributed by atoms with Crippen LogP contribution >= 0.6 is 0 Å². The second-order valence-corrected chi connectivity index (χ2v) is 6.50. The molecule has 0 amide bonds. The number of imidazole rings is 1. The van der Waals surface area contributed by atoms with Crippen molar-refractivity contribution in [2.75, 3.05) is 6.54 Å². The van der Waals surface area contributed by atoms with Crippen LogP contribution in [0.2, 0.25) is 0 Å². The number of aromatic nitrogens is 2. The molecule has 118 valence electrons. The minimum absolute atomic E-state index is 0.639. The van der Waals surface area contributed by atoms with Gasteiger partial charge in [-0.1, -0.05) is 18.2 Å². The Kier molecular flexibility index (Phi) is 3.66. The summed E-state index contributed by atoms with van der Waals surface area (Å²) in [6.07, 6.45) is 5.88. The van der Waals surface area contributed by atoms with Crippen molar-refractivity contribution in [2.24, 2.45) is 5.73 Å². The smallest absolute Gasteiger partial charge is 0.137 e. The highest BCUT2D eigenvalue weighted by atomic mass is 15.0. The molecule has 3 nitrogen and oxygen atoms in total. The third-order valence-corrected chi connectivity index (χ3v) is 4.94. The number of nitrogens with two attached hydrogens (primary N) is 1. The monoisotopic (exact) mass is 305 g/mol. The van der Waals surface area contributed by atoms with E-state index in [0.717, 1.165) is 17.8 Å². The molecule has 0 saturated heterocycles. The third-order valence-electron chi connectivity index (χ3n) is 4.94. The van der Waals surface area contributed by atoms with E-state index in [1.807, 2.05) is 0 Å². The molecule has 2 heterocycles. The van der Waals surface area contributed by atoms with Gasteiger partial charge in [-0.3, -0.25) is 0 Å². The van der Waals surface area contributed by atoms with E-state index < -0.39 is 0 Å². The summed E-state index contributed by atoms with van der Waals surface area (Å²) in [7, 11) is 0. The number of nitrogens with zero attached hydrogens (tertiary/aromatic N) is 2. The van der Waals surface area contributed by atoms with Gasteiger partial charge in [0.25, 0.3) is 0 Å². The van der Waals surface area contributed by atoms with Crippen molar-refractivity contribution in [3.63, 3.8) is 0 Å². The molecule has 23 heavy (non-hydrogen) atoms. The van der Waals surface area contributed by atoms with Crippen molar-refractivity contribution in [1.82, 2.24) is 9.38 Å². The Morgan fingerprint density at radius 1 is 1.09 bits per heavy atom. The highest BCUT2D eigenvalue weighted by Crippen LogP contribution is 2.30. The van der Waals surface area contributed by atoms with E-state index in [2.05, 4.69) is 47.7 Å². The van der Waals surface area contributed by atoms with E-state index in [9.17, 15) is 0 Å². The lowest BCUT2D eigenvalue weighted by molar-refractivity contribution is 0.686. The second kappa shape index (κ2) is 5.82. The minimum atomic E-state index is 0.639. The number of hydrogen-bond donors (Lipinski definition) is 1. The van der Waals surface area contributed by atoms with Gasteiger partial charge in [0.15, 0.2) is 0 Å². The van der Waals surface area contributed by atoms with E-state index in [0.29, 0.717) is 6.54 Å². The molecule has 3 aromatic rings. The summed E-state index contributed by atoms with van der Waals surface area (Å²) in [5, 5.41) is 0. The molecular weight excluding hydrogens is 282 g/mol. The van der Waals surface area contributed by atoms with Crippen molar-refractivity contribution in [3.8, 4) is 11.3 Å². The standard InChI is InChI=1S/C20H23N3/c1-14-5-4-8-19-22-20(18(11-12-21)23(14)19)17-10-9-15-6-2-3-7-16(15)13-17/h4-5,8-10,13H,2-3,6-7,11-12,21H2,1H3. The molecule has 1 aliphatic rings. The van der Waals surface area contributed by atoms with Crippen LogP contribution in [0, 0.1) is 6.92 Å². The van der Waals surface area contributed by atoms with Gasteiger partial charge in [0.1, 0.15) is 5.65 Å². The Balaban J connectivity index is 1.91. The van der Waals surface area contributed by atoms with Crippen LogP contribution < -0.4 is 5.73 Å². The fourth-order valence-corrected chi connectivity index (χ4v) is 3.81. The zero-order valence-corrected chi connectivity index (χ0v) is 13.7. The van der Waals surface area contributed by atoms with E-state index in [1.54, 1.807) is 0 Å². The van der Waals surface area contributed by atoms with Gasteiger partial charge in [-0.05, 0) is 68.5 Å². The summed E-state index contributed by atoms with van der Waals surface area (Å²) in [6, 6.07) is 13.2. The molecule has 4 rings (SSSR count). The van der Waals surface area contributed by atoms with Crippen LogP contribution in [0.5, 0.6) is 0 Å². The van der Waals surface area contributed by atoms with Gasteiger partial charge in [-0.15, -0.1) is 0 Å². The summed E-state index contributed by atoms with van der Waals surface area (Å²) in [5.74, 6) is 0. The van der Waals surface area contributed by atoms with E-state index in [1.165, 1.54) is 53.8 Å². The summed E-state index contributed by atoms with van der Waals surface area (Å²) in [6.45, 7) is 2.77. The molecule has 2 N–H and O–H groups in total. The number of rotatable bonds is 3. The van der Waals surface area contributed by atoms with Crippen molar-refractivity contribution in [3.05, 3.63) is 58.9 Å². The van der Waals surface area contributed by atoms with Crippen LogP contribution in [0.4, 0.5) is 0 Å². The molecule has 0 unspecified atom stereocenters. The van der Waals surface area contributed by atoms with Gasteiger partial charge >= 0.3 is 0 Å². The van der Waals surface area contributed by atoms with Gasteiger partial charge in [0.05, 0.1) is 11.4 Å². The molecule has 0 fully saturated rings. The SMILES string of the molecule is Cc1cccc2nc(-c3ccc4c(c3)CCCC4)c(CCN)n12. The molecule has 1 aliphatic carbocycles. The Labute approximate surface area is 137 Å². The predicted octanol–water partition coefficient (Wildman–Crippen LogP) is 3.69. The third kappa shape index (κ3) is 2.45. The van der Waals surface area contributed by atoms with Gasteiger partial charge in [-0.25, -0.2) is 4.98 Å². The van der Waals surface area contributed by atoms with E-state index in [4.69, 9.17) is 10.7 Å². The first-order valence-corrected chi connectivity index (χ1v) is 8.57. The molecule has 0 radical (unpaired) electrons. The minimum Gasteiger partial charge on any atom is -0.330 e. The highest BCUT2D eigenvalue weighted by molar-refractivity contribution is 5.68. The maximum atomic E-state index is 5.88. The average molecular weight is 305 g/mol. The van der Waals surface area contributed by atoms with Gasteiger partial charge in [0, 0.05) is 17.7 Å². The van der Waals surface area contributed by atoms with Crippen molar-refractivity contribution < 1.29 is 0 Å². The predicted molar refractivity (Wildman–Crippen MR) is 94.8 cm³/mol. The molecular formula is C20H23N3. The maximum Gasteiger partial charge on any atom is 0.137 e. The van der Waals surface area contributed by atoms with Gasteiger partial charge < -0.3 is 10.1 Å². The Morgan fingerprint density at radius 3 is 2.74 bits per heavy atom. The summed E-state index contributed by atoms with van der Waals surface area (Å²) < 4.78 is 2.25. The molecule has 2 aromatic heterocycles. The maximum absolute atomic E-state index is 5.88. The summed E-state index contributed by atoms with van der Waals surface area (Å²) in [4.78, 5) is 4.92. The first-order chi connectivity index (χ1) is 11.3. The molecule has 3 heteroatoms. The molecule has 0 aliphatic heterocycles. The number of hydrogen-bond acceptors (Lipinski definition) is 2. The van der Waals surface area contributed by atoms with E-state index in [-0.39, 0.29) is 0 Å². The van der Waals surface area contributed by atoms with Crippen LogP contribution in [-0.2, 0) is 19.3 Å². The molecule has 0 bridgehead atoms. The lowest BCUT2D eigenvalue weighted by Gasteiger charge is -2.16. The van der Waals surface area contributed by atoms with E-state index >= 15 is 0 Å². The zero-order chi connectivity index (χ0) is 15.8. The number of pyridine rings is 1. The fourth-order valence-electron chi connectivity index (χ4n) is 3.81. The fraction of sp³-hybridized carbons (Fsp3) is 0.350. The van der Waals surface area contributed by atoms with Crippen molar-refractivity contribution >= 4 is 5.65 Å². The molecule has 0 spiro atoms. The Bertz CT molecular complexity index is 861. The van der Waals surface area contributed by atoms with Crippen molar-refractivity contribution in [2.45, 2.75) is 39.0 Å². The second-order valence-electron chi connectivity index (χ2n) is 6.50. The Hall–Kier alpha value is -2.13. The van der Waals surface area contributed by atoms with Crippen LogP contribution in [0.15, 0.2) is 36.4 Å². The normalized spacial score (nSPS) is 14.2. The highest BCUT2D eigenvalue weighted by Gasteiger charge is 2.17. The average Bonchev–Trinajstić information content (AvgIpc) is 2.95. The van der Waals surface area contributed by atoms with Crippen LogP contribution in [0.25, 0.3) is 16.9 Å². The largest absolute Gasteiger partial charge is 0.330 e. The van der Waals surface area contributed by atoms with Crippen LogP contribution in [0.3, 0.4) is 0 Å². The summed E-state index contributed by atoms with van der Waals surface area (Å²) >= 11 is 0. The Morgan fingerprint density at radius 2 is 1.91 bits per heavy atom. The lowest BCUT2D eigenvalue weighted by atomic mass is 9.89. The van der Waals surface area contributed by atoms with Crippen molar-refractivity contribution in [1.29, 1.82) is 0 Å². The quantitative estimate of drug-likeness (QED) is 0.802.